The second-order valence-electron chi connectivity index (χ2n) is 9.92. The molecule has 2 amide bonds. The number of hydrogen-bond acceptors (Lipinski definition) is 5. The third-order valence-corrected chi connectivity index (χ3v) is 6.63. The Kier molecular flexibility index (Phi) is 9.62. The standard InChI is InChI=1S/C35H31N3O5/c39-33-32(43-35(41)38(25-29-17-9-3-10-18-29)26-30-19-11-4-12-20-30)21-31(22-36-33)42-34(40)37(23-27-13-5-1-6-14-27)24-28-15-7-2-8-16-28/h1-22H,23-26H2,(H,36,39). The Labute approximate surface area is 249 Å². The van der Waals surface area contributed by atoms with E-state index in [4.69, 9.17) is 9.47 Å². The van der Waals surface area contributed by atoms with E-state index in [2.05, 4.69) is 4.98 Å². The highest BCUT2D eigenvalue weighted by molar-refractivity contribution is 5.72. The van der Waals surface area contributed by atoms with Crippen molar-refractivity contribution < 1.29 is 19.1 Å². The number of nitrogens with zero attached hydrogens (tertiary/aromatic N) is 2. The van der Waals surface area contributed by atoms with Crippen molar-refractivity contribution in [2.45, 2.75) is 26.2 Å². The monoisotopic (exact) mass is 573 g/mol. The van der Waals surface area contributed by atoms with Crippen LogP contribution in [0.4, 0.5) is 9.59 Å². The average molecular weight is 574 g/mol. The fourth-order valence-electron chi connectivity index (χ4n) is 4.49. The quantitative estimate of drug-likeness (QED) is 0.199. The maximum Gasteiger partial charge on any atom is 0.416 e. The first-order chi connectivity index (χ1) is 21.0. The van der Waals surface area contributed by atoms with Gasteiger partial charge in [0, 0.05) is 38.4 Å². The summed E-state index contributed by atoms with van der Waals surface area (Å²) in [6.07, 6.45) is -0.0600. The molecule has 4 aromatic carbocycles. The lowest BCUT2D eigenvalue weighted by Gasteiger charge is -2.23. The molecule has 1 aromatic heterocycles. The SMILES string of the molecule is O=C(Oc1c[nH]c(=O)c(OC(=O)N(Cc2ccccc2)Cc2ccccc2)c1)N(Cc1ccccc1)Cc1ccccc1. The summed E-state index contributed by atoms with van der Waals surface area (Å²) < 4.78 is 11.2. The molecule has 0 radical (unpaired) electrons. The van der Waals surface area contributed by atoms with Crippen LogP contribution in [0.25, 0.3) is 0 Å². The summed E-state index contributed by atoms with van der Waals surface area (Å²) in [6, 6.07) is 39.4. The number of hydrogen-bond donors (Lipinski definition) is 1. The van der Waals surface area contributed by atoms with E-state index in [-0.39, 0.29) is 24.6 Å². The van der Waals surface area contributed by atoms with Gasteiger partial charge in [-0.1, -0.05) is 121 Å². The van der Waals surface area contributed by atoms with Gasteiger partial charge < -0.3 is 14.5 Å². The highest BCUT2D eigenvalue weighted by atomic mass is 16.6. The van der Waals surface area contributed by atoms with Crippen molar-refractivity contribution in [2.24, 2.45) is 0 Å². The van der Waals surface area contributed by atoms with Gasteiger partial charge in [0.05, 0.1) is 0 Å². The summed E-state index contributed by atoms with van der Waals surface area (Å²) in [4.78, 5) is 44.9. The molecule has 0 spiro atoms. The lowest BCUT2D eigenvalue weighted by atomic mass is 10.2. The zero-order valence-corrected chi connectivity index (χ0v) is 23.5. The van der Waals surface area contributed by atoms with E-state index in [1.165, 1.54) is 17.2 Å². The van der Waals surface area contributed by atoms with Gasteiger partial charge in [0.1, 0.15) is 0 Å². The van der Waals surface area contributed by atoms with Gasteiger partial charge in [-0.15, -0.1) is 0 Å². The van der Waals surface area contributed by atoms with Gasteiger partial charge in [0.2, 0.25) is 5.75 Å². The summed E-state index contributed by atoms with van der Waals surface area (Å²) in [6.45, 7) is 1.17. The van der Waals surface area contributed by atoms with Crippen LogP contribution in [-0.2, 0) is 26.2 Å². The van der Waals surface area contributed by atoms with Crippen molar-refractivity contribution >= 4 is 12.2 Å². The summed E-state index contributed by atoms with van der Waals surface area (Å²) in [5.41, 5.74) is 3.05. The second-order valence-corrected chi connectivity index (χ2v) is 9.92. The van der Waals surface area contributed by atoms with Crippen molar-refractivity contribution in [1.82, 2.24) is 14.8 Å². The van der Waals surface area contributed by atoms with Crippen LogP contribution in [0.3, 0.4) is 0 Å². The Morgan fingerprint density at radius 3 is 1.26 bits per heavy atom. The number of nitrogens with one attached hydrogen (secondary N) is 1. The average Bonchev–Trinajstić information content (AvgIpc) is 3.04. The first kappa shape index (κ1) is 28.9. The number of carbonyl (C=O) groups excluding carboxylic acids is 2. The number of amides is 2. The van der Waals surface area contributed by atoms with E-state index < -0.39 is 17.7 Å². The zero-order chi connectivity index (χ0) is 29.9. The van der Waals surface area contributed by atoms with E-state index >= 15 is 0 Å². The molecule has 0 aliphatic rings. The molecule has 0 aliphatic heterocycles. The maximum absolute atomic E-state index is 13.4. The summed E-state index contributed by atoms with van der Waals surface area (Å²) in [5, 5.41) is 0. The molecule has 5 aromatic rings. The zero-order valence-electron chi connectivity index (χ0n) is 23.5. The highest BCUT2D eigenvalue weighted by Gasteiger charge is 2.21. The Morgan fingerprint density at radius 1 is 0.535 bits per heavy atom. The molecule has 43 heavy (non-hydrogen) atoms. The van der Waals surface area contributed by atoms with Crippen molar-refractivity contribution in [3.8, 4) is 11.5 Å². The first-order valence-corrected chi connectivity index (χ1v) is 13.9. The fraction of sp³-hybridized carbons (Fsp3) is 0.114. The minimum Gasteiger partial charge on any atom is -0.408 e. The van der Waals surface area contributed by atoms with Crippen molar-refractivity contribution in [3.05, 3.63) is 166 Å². The number of carbonyl (C=O) groups is 2. The van der Waals surface area contributed by atoms with Crippen LogP contribution in [-0.4, -0.2) is 27.0 Å². The minimum atomic E-state index is -0.712. The number of rotatable bonds is 10. The molecule has 0 aliphatic carbocycles. The van der Waals surface area contributed by atoms with E-state index in [1.54, 1.807) is 4.90 Å². The number of pyridine rings is 1. The summed E-state index contributed by atoms with van der Waals surface area (Å²) in [5.74, 6) is -0.240. The highest BCUT2D eigenvalue weighted by Crippen LogP contribution is 2.19. The summed E-state index contributed by atoms with van der Waals surface area (Å²) >= 11 is 0. The normalized spacial score (nSPS) is 10.5. The Balaban J connectivity index is 1.32. The minimum absolute atomic E-state index is 0.0381. The van der Waals surface area contributed by atoms with Gasteiger partial charge >= 0.3 is 12.2 Å². The Bertz CT molecular complexity index is 1590. The third-order valence-electron chi connectivity index (χ3n) is 6.63. The largest absolute Gasteiger partial charge is 0.416 e. The molecule has 1 heterocycles. The van der Waals surface area contributed by atoms with Crippen molar-refractivity contribution in [3.63, 3.8) is 0 Å². The van der Waals surface area contributed by atoms with Crippen LogP contribution in [0.2, 0.25) is 0 Å². The van der Waals surface area contributed by atoms with Gasteiger partial charge in [-0.3, -0.25) is 14.6 Å². The van der Waals surface area contributed by atoms with Crippen LogP contribution in [0.5, 0.6) is 11.5 Å². The number of aromatic nitrogens is 1. The van der Waals surface area contributed by atoms with E-state index in [0.717, 1.165) is 22.3 Å². The summed E-state index contributed by atoms with van der Waals surface area (Å²) in [7, 11) is 0. The van der Waals surface area contributed by atoms with Gasteiger partial charge in [0.25, 0.3) is 5.56 Å². The van der Waals surface area contributed by atoms with Crippen LogP contribution in [0.15, 0.2) is 138 Å². The molecule has 1 N–H and O–H groups in total. The van der Waals surface area contributed by atoms with Crippen molar-refractivity contribution in [2.75, 3.05) is 0 Å². The lowest BCUT2D eigenvalue weighted by Crippen LogP contribution is -2.34. The van der Waals surface area contributed by atoms with Gasteiger partial charge in [-0.05, 0) is 22.3 Å². The molecule has 8 heteroatoms. The second kappa shape index (κ2) is 14.3. The van der Waals surface area contributed by atoms with E-state index in [0.29, 0.717) is 13.1 Å². The topological polar surface area (TPSA) is 91.9 Å². The number of H-pyrrole nitrogens is 1. The lowest BCUT2D eigenvalue weighted by molar-refractivity contribution is 0.143. The Morgan fingerprint density at radius 2 is 0.884 bits per heavy atom. The molecule has 0 bridgehead atoms. The fourth-order valence-corrected chi connectivity index (χ4v) is 4.49. The smallest absolute Gasteiger partial charge is 0.408 e. The van der Waals surface area contributed by atoms with Crippen LogP contribution < -0.4 is 15.0 Å². The van der Waals surface area contributed by atoms with Crippen LogP contribution >= 0.6 is 0 Å². The molecule has 0 saturated heterocycles. The maximum atomic E-state index is 13.4. The molecular formula is C35H31N3O5. The van der Waals surface area contributed by atoms with Gasteiger partial charge in [-0.2, -0.15) is 0 Å². The number of ether oxygens (including phenoxy) is 2. The molecule has 216 valence electrons. The van der Waals surface area contributed by atoms with Crippen LogP contribution in [0, 0.1) is 0 Å². The predicted molar refractivity (Wildman–Crippen MR) is 163 cm³/mol. The van der Waals surface area contributed by atoms with E-state index in [9.17, 15) is 14.4 Å². The number of aromatic amines is 1. The van der Waals surface area contributed by atoms with Gasteiger partial charge in [0.15, 0.2) is 5.75 Å². The molecule has 8 nitrogen and oxygen atoms in total. The van der Waals surface area contributed by atoms with Crippen LogP contribution in [0.1, 0.15) is 22.3 Å². The Hall–Kier alpha value is -5.63. The molecule has 5 rings (SSSR count). The van der Waals surface area contributed by atoms with Gasteiger partial charge in [-0.25, -0.2) is 9.59 Å². The van der Waals surface area contributed by atoms with Crippen molar-refractivity contribution in [1.29, 1.82) is 0 Å². The first-order valence-electron chi connectivity index (χ1n) is 13.9. The third kappa shape index (κ3) is 8.43. The molecule has 0 atom stereocenters. The molecular weight excluding hydrogens is 542 g/mol. The molecule has 0 unspecified atom stereocenters. The number of benzene rings is 4. The molecule has 0 fully saturated rings. The predicted octanol–water partition coefficient (Wildman–Crippen LogP) is 6.78. The molecule has 0 saturated carbocycles. The van der Waals surface area contributed by atoms with E-state index in [1.807, 2.05) is 121 Å².